The molecule has 3 aromatic carbocycles. The van der Waals surface area contributed by atoms with Gasteiger partial charge in [-0.3, -0.25) is 0 Å². The number of halogens is 2. The number of aryl methyl sites for hydroxylation is 2. The zero-order valence-electron chi connectivity index (χ0n) is 16.4. The number of nitrogens with zero attached hydrogens (tertiary/aromatic N) is 1. The third-order valence-electron chi connectivity index (χ3n) is 6.20. The second kappa shape index (κ2) is 7.27. The minimum Gasteiger partial charge on any atom is -0.338 e. The first-order valence-electron chi connectivity index (χ1n) is 9.81. The van der Waals surface area contributed by atoms with Crippen LogP contribution in [0.25, 0.3) is 10.9 Å². The molecule has 0 saturated heterocycles. The molecule has 3 heteroatoms. The van der Waals surface area contributed by atoms with Crippen molar-refractivity contribution < 1.29 is 0 Å². The molecule has 1 atom stereocenters. The van der Waals surface area contributed by atoms with E-state index in [2.05, 4.69) is 142 Å². The van der Waals surface area contributed by atoms with Crippen molar-refractivity contribution in [1.82, 2.24) is 4.57 Å². The monoisotopic (exact) mass is 601 g/mol. The quantitative estimate of drug-likeness (QED) is 0.208. The molecule has 1 aromatic heterocycles. The number of allylic oxidation sites excluding steroid dienone is 2. The summed E-state index contributed by atoms with van der Waals surface area (Å²) in [5, 5.41) is 1.35. The molecule has 2 heterocycles. The summed E-state index contributed by atoms with van der Waals surface area (Å²) in [4.78, 5) is 0. The van der Waals surface area contributed by atoms with Crippen LogP contribution in [-0.2, 0) is 12.0 Å². The van der Waals surface area contributed by atoms with Crippen molar-refractivity contribution in [3.05, 3.63) is 114 Å². The fourth-order valence-corrected chi connectivity index (χ4v) is 6.76. The van der Waals surface area contributed by atoms with Gasteiger partial charge in [0.25, 0.3) is 0 Å². The van der Waals surface area contributed by atoms with Crippen LogP contribution in [0.15, 0.2) is 86.0 Å². The normalized spacial score (nSPS) is 18.9. The van der Waals surface area contributed by atoms with Crippen LogP contribution in [0.1, 0.15) is 27.9 Å². The van der Waals surface area contributed by atoms with Gasteiger partial charge in [-0.2, -0.15) is 0 Å². The fourth-order valence-electron chi connectivity index (χ4n) is 4.99. The third kappa shape index (κ3) is 2.69. The summed E-state index contributed by atoms with van der Waals surface area (Å²) in [5.74, 6) is 0. The summed E-state index contributed by atoms with van der Waals surface area (Å²) in [6, 6.07) is 28.8. The van der Waals surface area contributed by atoms with Gasteiger partial charge < -0.3 is 4.57 Å². The van der Waals surface area contributed by atoms with Gasteiger partial charge in [0, 0.05) is 23.8 Å². The van der Waals surface area contributed by atoms with E-state index in [0.29, 0.717) is 0 Å². The molecule has 0 fully saturated rings. The van der Waals surface area contributed by atoms with Crippen LogP contribution >= 0.6 is 45.2 Å². The maximum Gasteiger partial charge on any atom is 0.0924 e. The Kier molecular flexibility index (Phi) is 4.86. The number of aromatic nitrogens is 1. The van der Waals surface area contributed by atoms with Crippen LogP contribution in [0, 0.1) is 13.8 Å². The highest BCUT2D eigenvalue weighted by molar-refractivity contribution is 14.1. The molecule has 0 amide bonds. The maximum atomic E-state index is 2.62. The lowest BCUT2D eigenvalue weighted by Gasteiger charge is -2.42. The Balaban J connectivity index is 2.03. The SMILES string of the molecule is Cc1ccccc1C1(c2ccccc2)C(I)=C(I)Cn2c1c(C)c1ccccc12. The Morgan fingerprint density at radius 2 is 1.45 bits per heavy atom. The number of rotatable bonds is 2. The Morgan fingerprint density at radius 1 is 0.793 bits per heavy atom. The summed E-state index contributed by atoms with van der Waals surface area (Å²) < 4.78 is 5.37. The molecule has 1 aliphatic heterocycles. The minimum atomic E-state index is -0.301. The van der Waals surface area contributed by atoms with Gasteiger partial charge in [-0.15, -0.1) is 0 Å². The van der Waals surface area contributed by atoms with Gasteiger partial charge in [-0.05, 0) is 87.3 Å². The number of benzene rings is 3. The average molecular weight is 601 g/mol. The van der Waals surface area contributed by atoms with Gasteiger partial charge in [-0.1, -0.05) is 72.8 Å². The second-order valence-corrected chi connectivity index (χ2v) is 10.1. The third-order valence-corrected chi connectivity index (χ3v) is 9.57. The van der Waals surface area contributed by atoms with Crippen molar-refractivity contribution in [2.75, 3.05) is 0 Å². The molecular weight excluding hydrogens is 580 g/mol. The fraction of sp³-hybridized carbons (Fsp3) is 0.154. The molecule has 0 bridgehead atoms. The molecule has 0 aliphatic carbocycles. The highest BCUT2D eigenvalue weighted by Gasteiger charge is 2.47. The highest BCUT2D eigenvalue weighted by Crippen LogP contribution is 2.55. The van der Waals surface area contributed by atoms with Gasteiger partial charge in [0.2, 0.25) is 0 Å². The highest BCUT2D eigenvalue weighted by atomic mass is 127. The second-order valence-electron chi connectivity index (χ2n) is 7.73. The Labute approximate surface area is 199 Å². The summed E-state index contributed by atoms with van der Waals surface area (Å²) in [7, 11) is 0. The number of para-hydroxylation sites is 1. The Bertz CT molecular complexity index is 1270. The van der Waals surface area contributed by atoms with Crippen LogP contribution in [0.3, 0.4) is 0 Å². The summed E-state index contributed by atoms with van der Waals surface area (Å²) in [6.07, 6.45) is 0. The minimum absolute atomic E-state index is 0.301. The smallest absolute Gasteiger partial charge is 0.0924 e. The summed E-state index contributed by atoms with van der Waals surface area (Å²) in [5.41, 5.74) is 7.84. The zero-order valence-corrected chi connectivity index (χ0v) is 20.7. The van der Waals surface area contributed by atoms with E-state index in [9.17, 15) is 0 Å². The standard InChI is InChI=1S/C26H21I2N/c1-17-10-6-8-14-21(17)26(19-11-4-3-5-12-19)24(28)22(27)16-29-23-15-9-7-13-20(23)18(2)25(26)29/h3-15H,16H2,1-2H3. The molecule has 1 aliphatic rings. The summed E-state index contributed by atoms with van der Waals surface area (Å²) in [6.45, 7) is 5.48. The Morgan fingerprint density at radius 3 is 2.21 bits per heavy atom. The van der Waals surface area contributed by atoms with E-state index in [1.165, 1.54) is 46.0 Å². The predicted molar refractivity (Wildman–Crippen MR) is 139 cm³/mol. The number of hydrogen-bond acceptors (Lipinski definition) is 0. The van der Waals surface area contributed by atoms with E-state index in [1.54, 1.807) is 0 Å². The molecule has 5 rings (SSSR count). The molecule has 1 nitrogen and oxygen atoms in total. The molecule has 144 valence electrons. The van der Waals surface area contributed by atoms with E-state index >= 15 is 0 Å². The van der Waals surface area contributed by atoms with Gasteiger partial charge in [0.1, 0.15) is 0 Å². The van der Waals surface area contributed by atoms with Crippen molar-refractivity contribution in [3.8, 4) is 0 Å². The van der Waals surface area contributed by atoms with E-state index < -0.39 is 0 Å². The lowest BCUT2D eigenvalue weighted by atomic mass is 9.68. The zero-order chi connectivity index (χ0) is 20.2. The van der Waals surface area contributed by atoms with Crippen LogP contribution in [0.5, 0.6) is 0 Å². The molecule has 1 unspecified atom stereocenters. The maximum absolute atomic E-state index is 2.62. The molecule has 0 radical (unpaired) electrons. The van der Waals surface area contributed by atoms with Crippen molar-refractivity contribution >= 4 is 56.1 Å². The molecule has 29 heavy (non-hydrogen) atoms. The first-order valence-corrected chi connectivity index (χ1v) is 12.0. The molecule has 0 spiro atoms. The van der Waals surface area contributed by atoms with Crippen LogP contribution in [0.2, 0.25) is 0 Å². The predicted octanol–water partition coefficient (Wildman–Crippen LogP) is 7.69. The molecular formula is C26H21I2N. The topological polar surface area (TPSA) is 4.93 Å². The van der Waals surface area contributed by atoms with E-state index in [4.69, 9.17) is 0 Å². The van der Waals surface area contributed by atoms with Crippen LogP contribution in [0.4, 0.5) is 0 Å². The van der Waals surface area contributed by atoms with Crippen LogP contribution in [-0.4, -0.2) is 4.57 Å². The van der Waals surface area contributed by atoms with Gasteiger partial charge in [0.15, 0.2) is 0 Å². The first kappa shape index (κ1) is 19.4. The van der Waals surface area contributed by atoms with Crippen molar-refractivity contribution in [1.29, 1.82) is 0 Å². The number of fused-ring (bicyclic) bond motifs is 3. The van der Waals surface area contributed by atoms with Gasteiger partial charge >= 0.3 is 0 Å². The average Bonchev–Trinajstić information content (AvgIpc) is 3.03. The van der Waals surface area contributed by atoms with Crippen molar-refractivity contribution in [2.45, 2.75) is 25.8 Å². The van der Waals surface area contributed by atoms with E-state index in [0.717, 1.165) is 6.54 Å². The van der Waals surface area contributed by atoms with Gasteiger partial charge in [-0.25, -0.2) is 0 Å². The van der Waals surface area contributed by atoms with E-state index in [1.807, 2.05) is 0 Å². The first-order chi connectivity index (χ1) is 14.1. The number of hydrogen-bond donors (Lipinski definition) is 0. The van der Waals surface area contributed by atoms with Gasteiger partial charge in [0.05, 0.1) is 12.0 Å². The Hall–Kier alpha value is -1.60. The van der Waals surface area contributed by atoms with Crippen LogP contribution < -0.4 is 0 Å². The van der Waals surface area contributed by atoms with E-state index in [-0.39, 0.29) is 5.41 Å². The largest absolute Gasteiger partial charge is 0.338 e. The lowest BCUT2D eigenvalue weighted by molar-refractivity contribution is 0.626. The van der Waals surface area contributed by atoms with Crippen molar-refractivity contribution in [3.63, 3.8) is 0 Å². The molecule has 0 N–H and O–H groups in total. The lowest BCUT2D eigenvalue weighted by Crippen LogP contribution is -2.37. The molecule has 4 aromatic rings. The summed E-state index contributed by atoms with van der Waals surface area (Å²) >= 11 is 5.18. The molecule has 0 saturated carbocycles. The van der Waals surface area contributed by atoms with Crippen molar-refractivity contribution in [2.24, 2.45) is 0 Å².